The number of alkyl halides is 3. The number of rotatable bonds is 7. The molecule has 0 bridgehead atoms. The molecule has 3 aromatic rings. The number of piperazine rings is 1. The van der Waals surface area contributed by atoms with Gasteiger partial charge in [-0.05, 0) is 25.2 Å². The number of aromatic nitrogens is 2. The minimum atomic E-state index is -4.98. The first kappa shape index (κ1) is 26.0. The second-order valence-corrected chi connectivity index (χ2v) is 8.49. The maximum absolute atomic E-state index is 12.9. The number of carbonyl (C=O) groups excluding carboxylic acids is 2. The Morgan fingerprint density at radius 3 is 2.35 bits per heavy atom. The number of nitrogens with one attached hydrogen (secondary N) is 2. The number of likely N-dealkylation sites (N-methyl/N-ethyl adjacent to an activating group) is 1. The zero-order valence-corrected chi connectivity index (χ0v) is 20.0. The summed E-state index contributed by atoms with van der Waals surface area (Å²) in [5.41, 5.74) is 1.19. The highest BCUT2D eigenvalue weighted by Crippen LogP contribution is 2.31. The highest BCUT2D eigenvalue weighted by molar-refractivity contribution is 6.05. The van der Waals surface area contributed by atoms with Crippen molar-refractivity contribution in [1.29, 1.82) is 0 Å². The first-order valence-electron chi connectivity index (χ1n) is 11.5. The lowest BCUT2D eigenvalue weighted by atomic mass is 10.1. The Hall–Kier alpha value is -4.03. The van der Waals surface area contributed by atoms with E-state index in [2.05, 4.69) is 30.2 Å². The van der Waals surface area contributed by atoms with E-state index < -0.39 is 23.9 Å². The second kappa shape index (κ2) is 11.4. The first-order valence-corrected chi connectivity index (χ1v) is 11.5. The van der Waals surface area contributed by atoms with Gasteiger partial charge in [-0.1, -0.05) is 30.3 Å². The minimum absolute atomic E-state index is 0.000918. The van der Waals surface area contributed by atoms with Gasteiger partial charge in [0, 0.05) is 37.3 Å². The van der Waals surface area contributed by atoms with E-state index in [0.717, 1.165) is 36.9 Å². The van der Waals surface area contributed by atoms with Crippen molar-refractivity contribution in [3.8, 4) is 17.0 Å². The Morgan fingerprint density at radius 2 is 1.70 bits per heavy atom. The van der Waals surface area contributed by atoms with Gasteiger partial charge in [-0.3, -0.25) is 19.5 Å². The summed E-state index contributed by atoms with van der Waals surface area (Å²) in [5.74, 6) is -1.63. The van der Waals surface area contributed by atoms with E-state index in [1.165, 1.54) is 12.4 Å². The van der Waals surface area contributed by atoms with Gasteiger partial charge >= 0.3 is 6.36 Å². The van der Waals surface area contributed by atoms with Crippen LogP contribution >= 0.6 is 0 Å². The molecular formula is C25H25F3N6O3. The highest BCUT2D eigenvalue weighted by atomic mass is 19.4. The van der Waals surface area contributed by atoms with Crippen molar-refractivity contribution in [2.45, 2.75) is 6.36 Å². The zero-order valence-electron chi connectivity index (χ0n) is 20.0. The molecule has 4 rings (SSSR count). The molecule has 1 aliphatic heterocycles. The Labute approximate surface area is 211 Å². The fourth-order valence-electron chi connectivity index (χ4n) is 3.72. The molecule has 37 heavy (non-hydrogen) atoms. The van der Waals surface area contributed by atoms with E-state index in [1.54, 1.807) is 0 Å². The third-order valence-electron chi connectivity index (χ3n) is 5.67. The van der Waals surface area contributed by atoms with Gasteiger partial charge < -0.3 is 20.3 Å². The Morgan fingerprint density at radius 1 is 0.973 bits per heavy atom. The molecule has 1 fully saturated rings. The number of carbonyl (C=O) groups is 2. The van der Waals surface area contributed by atoms with Crippen LogP contribution in [-0.4, -0.2) is 77.7 Å². The molecule has 0 spiro atoms. The molecule has 2 amide bonds. The van der Waals surface area contributed by atoms with Gasteiger partial charge in [0.05, 0.1) is 30.3 Å². The standard InChI is InChI=1S/C25H25F3N6O3/c1-33-9-11-34(12-10-33)16-23(35)31-19-13-18(7-8-21(19)37-25(26,27)28)24(36)32-22-15-29-20(14-30-22)17-5-3-2-4-6-17/h2-8,13-15H,9-12,16H2,1H3,(H,31,35)(H,30,32,36). The SMILES string of the molecule is CN1CCN(CC(=O)Nc2cc(C(=O)Nc3cnc(-c4ccccc4)cn3)ccc2OC(F)(F)F)CC1. The molecule has 2 N–H and O–H groups in total. The third kappa shape index (κ3) is 7.48. The molecule has 9 nitrogen and oxygen atoms in total. The molecule has 2 aromatic carbocycles. The van der Waals surface area contributed by atoms with Crippen LogP contribution in [0.4, 0.5) is 24.7 Å². The maximum Gasteiger partial charge on any atom is 0.573 e. The van der Waals surface area contributed by atoms with Crippen LogP contribution in [0.1, 0.15) is 10.4 Å². The Kier molecular flexibility index (Phi) is 7.99. The molecule has 0 radical (unpaired) electrons. The summed E-state index contributed by atoms with van der Waals surface area (Å²) in [6.45, 7) is 2.87. The van der Waals surface area contributed by atoms with Gasteiger partial charge in [-0.2, -0.15) is 0 Å². The van der Waals surface area contributed by atoms with Crippen LogP contribution < -0.4 is 15.4 Å². The molecular weight excluding hydrogens is 489 g/mol. The van der Waals surface area contributed by atoms with Gasteiger partial charge in [0.2, 0.25) is 5.91 Å². The van der Waals surface area contributed by atoms with Crippen LogP contribution in [0.5, 0.6) is 5.75 Å². The number of halogens is 3. The predicted molar refractivity (Wildman–Crippen MR) is 131 cm³/mol. The van der Waals surface area contributed by atoms with Crippen molar-refractivity contribution < 1.29 is 27.5 Å². The molecule has 1 saturated heterocycles. The lowest BCUT2D eigenvalue weighted by molar-refractivity contribution is -0.274. The van der Waals surface area contributed by atoms with E-state index in [-0.39, 0.29) is 23.6 Å². The summed E-state index contributed by atoms with van der Waals surface area (Å²) in [7, 11) is 1.97. The fourth-order valence-corrected chi connectivity index (χ4v) is 3.72. The monoisotopic (exact) mass is 514 g/mol. The lowest BCUT2D eigenvalue weighted by Gasteiger charge is -2.31. The summed E-state index contributed by atoms with van der Waals surface area (Å²) >= 11 is 0. The quantitative estimate of drug-likeness (QED) is 0.498. The van der Waals surface area contributed by atoms with Crippen molar-refractivity contribution in [1.82, 2.24) is 19.8 Å². The summed E-state index contributed by atoms with van der Waals surface area (Å²) in [4.78, 5) is 37.8. The lowest BCUT2D eigenvalue weighted by Crippen LogP contribution is -2.47. The van der Waals surface area contributed by atoms with E-state index in [0.29, 0.717) is 18.8 Å². The first-order chi connectivity index (χ1) is 17.7. The van der Waals surface area contributed by atoms with Gasteiger partial charge in [-0.15, -0.1) is 13.2 Å². The van der Waals surface area contributed by atoms with Gasteiger partial charge in [0.1, 0.15) is 0 Å². The summed E-state index contributed by atoms with van der Waals surface area (Å²) in [6.07, 6.45) is -2.11. The summed E-state index contributed by atoms with van der Waals surface area (Å²) in [6, 6.07) is 12.6. The Balaban J connectivity index is 1.47. The molecule has 0 saturated carbocycles. The number of benzene rings is 2. The Bertz CT molecular complexity index is 1230. The largest absolute Gasteiger partial charge is 0.573 e. The van der Waals surface area contributed by atoms with Gasteiger partial charge in [-0.25, -0.2) is 4.98 Å². The highest BCUT2D eigenvalue weighted by Gasteiger charge is 2.32. The van der Waals surface area contributed by atoms with Crippen LogP contribution in [0.25, 0.3) is 11.3 Å². The van der Waals surface area contributed by atoms with Crippen LogP contribution in [0.3, 0.4) is 0 Å². The van der Waals surface area contributed by atoms with E-state index in [9.17, 15) is 22.8 Å². The predicted octanol–water partition coefficient (Wildman–Crippen LogP) is 3.48. The number of hydrogen-bond donors (Lipinski definition) is 2. The number of hydrogen-bond acceptors (Lipinski definition) is 7. The molecule has 12 heteroatoms. The van der Waals surface area contributed by atoms with Crippen LogP contribution in [0, 0.1) is 0 Å². The van der Waals surface area contributed by atoms with Crippen LogP contribution in [0.2, 0.25) is 0 Å². The number of nitrogens with zero attached hydrogens (tertiary/aromatic N) is 4. The van der Waals surface area contributed by atoms with Crippen molar-refractivity contribution in [2.75, 3.05) is 50.4 Å². The normalized spacial score (nSPS) is 14.7. The molecule has 194 valence electrons. The fraction of sp³-hybridized carbons (Fsp3) is 0.280. The summed E-state index contributed by atoms with van der Waals surface area (Å²) < 4.78 is 42.8. The van der Waals surface area contributed by atoms with Crippen LogP contribution in [0.15, 0.2) is 60.9 Å². The third-order valence-corrected chi connectivity index (χ3v) is 5.67. The summed E-state index contributed by atoms with van der Waals surface area (Å²) in [5, 5.41) is 5.00. The topological polar surface area (TPSA) is 99.7 Å². The van der Waals surface area contributed by atoms with Crippen LogP contribution in [-0.2, 0) is 4.79 Å². The molecule has 1 aromatic heterocycles. The van der Waals surface area contributed by atoms with Crippen molar-refractivity contribution in [3.05, 3.63) is 66.5 Å². The molecule has 0 unspecified atom stereocenters. The smallest absolute Gasteiger partial charge is 0.404 e. The molecule has 0 atom stereocenters. The average Bonchev–Trinajstić information content (AvgIpc) is 2.86. The number of amides is 2. The molecule has 0 aliphatic carbocycles. The number of ether oxygens (including phenoxy) is 1. The van der Waals surface area contributed by atoms with Gasteiger partial charge in [0.15, 0.2) is 11.6 Å². The van der Waals surface area contributed by atoms with E-state index >= 15 is 0 Å². The second-order valence-electron chi connectivity index (χ2n) is 8.49. The van der Waals surface area contributed by atoms with E-state index in [1.807, 2.05) is 42.3 Å². The molecule has 2 heterocycles. The van der Waals surface area contributed by atoms with Crippen molar-refractivity contribution in [2.24, 2.45) is 0 Å². The zero-order chi connectivity index (χ0) is 26.4. The van der Waals surface area contributed by atoms with E-state index in [4.69, 9.17) is 0 Å². The van der Waals surface area contributed by atoms with Crippen molar-refractivity contribution in [3.63, 3.8) is 0 Å². The number of anilines is 2. The maximum atomic E-state index is 12.9. The van der Waals surface area contributed by atoms with Gasteiger partial charge in [0.25, 0.3) is 5.91 Å². The average molecular weight is 515 g/mol. The molecule has 1 aliphatic rings. The minimum Gasteiger partial charge on any atom is -0.404 e. The van der Waals surface area contributed by atoms with Crippen molar-refractivity contribution >= 4 is 23.3 Å².